The zero-order valence-corrected chi connectivity index (χ0v) is 7.57. The predicted octanol–water partition coefficient (Wildman–Crippen LogP) is 0.914. The molecule has 1 rings (SSSR count). The van der Waals surface area contributed by atoms with Crippen molar-refractivity contribution in [2.24, 2.45) is 0 Å². The molecule has 1 heterocycles. The molecule has 0 saturated heterocycles. The van der Waals surface area contributed by atoms with E-state index in [9.17, 15) is 0 Å². The molecule has 0 amide bonds. The van der Waals surface area contributed by atoms with Gasteiger partial charge in [-0.15, -0.1) is 0 Å². The van der Waals surface area contributed by atoms with Crippen molar-refractivity contribution in [3.8, 4) is 5.19 Å². The summed E-state index contributed by atoms with van der Waals surface area (Å²) >= 11 is 1.60. The van der Waals surface area contributed by atoms with E-state index in [1.54, 1.807) is 18.4 Å². The fourth-order valence-electron chi connectivity index (χ4n) is 0.748. The third-order valence-electron chi connectivity index (χ3n) is 1.33. The van der Waals surface area contributed by atoms with Crippen LogP contribution < -0.4 is 10.1 Å². The molecule has 4 heteroatoms. The van der Waals surface area contributed by atoms with Crippen molar-refractivity contribution in [2.45, 2.75) is 6.42 Å². The highest BCUT2D eigenvalue weighted by Crippen LogP contribution is 2.19. The zero-order chi connectivity index (χ0) is 8.10. The van der Waals surface area contributed by atoms with Crippen LogP contribution in [-0.4, -0.2) is 25.7 Å². The maximum Gasteiger partial charge on any atom is 0.273 e. The van der Waals surface area contributed by atoms with E-state index >= 15 is 0 Å². The summed E-state index contributed by atoms with van der Waals surface area (Å²) in [5.74, 6) is 0. The Bertz CT molecular complexity index is 212. The van der Waals surface area contributed by atoms with Crippen LogP contribution in [0.4, 0.5) is 0 Å². The Labute approximate surface area is 70.4 Å². The van der Waals surface area contributed by atoms with Gasteiger partial charge in [0.1, 0.15) is 0 Å². The molecular formula is C7H12N2OS. The van der Waals surface area contributed by atoms with E-state index in [0.29, 0.717) is 0 Å². The lowest BCUT2D eigenvalue weighted by Gasteiger charge is -1.92. The van der Waals surface area contributed by atoms with Crippen molar-refractivity contribution in [3.63, 3.8) is 0 Å². The van der Waals surface area contributed by atoms with Crippen LogP contribution in [0.5, 0.6) is 5.19 Å². The largest absolute Gasteiger partial charge is 0.473 e. The number of nitrogens with one attached hydrogen (secondary N) is 1. The first kappa shape index (κ1) is 8.49. The van der Waals surface area contributed by atoms with Crippen molar-refractivity contribution >= 4 is 11.3 Å². The molecule has 1 N–H and O–H groups in total. The Hall–Kier alpha value is -0.610. The second kappa shape index (κ2) is 4.31. The first-order valence-electron chi connectivity index (χ1n) is 3.50. The van der Waals surface area contributed by atoms with Crippen molar-refractivity contribution in [2.75, 3.05) is 20.7 Å². The SMILES string of the molecule is CNCCc1cnc(OC)s1. The van der Waals surface area contributed by atoms with Gasteiger partial charge in [0.05, 0.1) is 7.11 Å². The Morgan fingerprint density at radius 2 is 2.55 bits per heavy atom. The first-order chi connectivity index (χ1) is 5.36. The number of nitrogens with zero attached hydrogens (tertiary/aromatic N) is 1. The summed E-state index contributed by atoms with van der Waals surface area (Å²) in [6, 6.07) is 0. The van der Waals surface area contributed by atoms with Gasteiger partial charge in [-0.05, 0) is 20.0 Å². The second-order valence-electron chi connectivity index (χ2n) is 2.15. The third kappa shape index (κ3) is 2.48. The molecule has 0 aliphatic heterocycles. The lowest BCUT2D eigenvalue weighted by Crippen LogP contribution is -2.09. The average molecular weight is 172 g/mol. The van der Waals surface area contributed by atoms with E-state index in [0.717, 1.165) is 18.2 Å². The summed E-state index contributed by atoms with van der Waals surface area (Å²) in [6.45, 7) is 0.991. The third-order valence-corrected chi connectivity index (χ3v) is 2.35. The molecule has 1 aromatic heterocycles. The van der Waals surface area contributed by atoms with E-state index in [1.807, 2.05) is 13.2 Å². The van der Waals surface area contributed by atoms with Gasteiger partial charge in [-0.3, -0.25) is 0 Å². The summed E-state index contributed by atoms with van der Waals surface area (Å²) in [4.78, 5) is 5.32. The van der Waals surface area contributed by atoms with Crippen LogP contribution >= 0.6 is 11.3 Å². The first-order valence-corrected chi connectivity index (χ1v) is 4.31. The molecule has 1 aromatic rings. The normalized spacial score (nSPS) is 10.0. The van der Waals surface area contributed by atoms with E-state index in [4.69, 9.17) is 4.74 Å². The molecule has 0 bridgehead atoms. The summed E-state index contributed by atoms with van der Waals surface area (Å²) in [5, 5.41) is 3.83. The molecule has 11 heavy (non-hydrogen) atoms. The van der Waals surface area contributed by atoms with Crippen LogP contribution in [0.3, 0.4) is 0 Å². The molecule has 62 valence electrons. The lowest BCUT2D eigenvalue weighted by molar-refractivity contribution is 0.412. The van der Waals surface area contributed by atoms with Gasteiger partial charge in [-0.25, -0.2) is 4.98 Å². The van der Waals surface area contributed by atoms with Crippen LogP contribution in [0, 0.1) is 0 Å². The molecular weight excluding hydrogens is 160 g/mol. The van der Waals surface area contributed by atoms with Crippen molar-refractivity contribution in [3.05, 3.63) is 11.1 Å². The van der Waals surface area contributed by atoms with Gasteiger partial charge in [0.15, 0.2) is 0 Å². The molecule has 0 unspecified atom stereocenters. The topological polar surface area (TPSA) is 34.2 Å². The molecule has 0 atom stereocenters. The number of likely N-dealkylation sites (N-methyl/N-ethyl adjacent to an activating group) is 1. The Morgan fingerprint density at radius 1 is 1.73 bits per heavy atom. The van der Waals surface area contributed by atoms with Crippen LogP contribution in [-0.2, 0) is 6.42 Å². The maximum atomic E-state index is 4.96. The van der Waals surface area contributed by atoms with Gasteiger partial charge in [0, 0.05) is 11.1 Å². The Morgan fingerprint density at radius 3 is 3.09 bits per heavy atom. The number of hydrogen-bond acceptors (Lipinski definition) is 4. The molecule has 0 saturated carbocycles. The quantitative estimate of drug-likeness (QED) is 0.733. The van der Waals surface area contributed by atoms with E-state index in [1.165, 1.54) is 4.88 Å². The van der Waals surface area contributed by atoms with E-state index < -0.39 is 0 Å². The average Bonchev–Trinajstić information content (AvgIpc) is 2.48. The number of ether oxygens (including phenoxy) is 1. The van der Waals surface area contributed by atoms with Crippen LogP contribution in [0.15, 0.2) is 6.20 Å². The molecule has 0 fully saturated rings. The monoisotopic (exact) mass is 172 g/mol. The summed E-state index contributed by atoms with van der Waals surface area (Å²) in [7, 11) is 3.58. The highest BCUT2D eigenvalue weighted by Gasteiger charge is 1.99. The van der Waals surface area contributed by atoms with Gasteiger partial charge in [-0.2, -0.15) is 0 Å². The van der Waals surface area contributed by atoms with Gasteiger partial charge in [0.2, 0.25) is 0 Å². The minimum Gasteiger partial charge on any atom is -0.473 e. The van der Waals surface area contributed by atoms with Crippen molar-refractivity contribution in [1.29, 1.82) is 0 Å². The number of rotatable bonds is 4. The minimum atomic E-state index is 0.746. The zero-order valence-electron chi connectivity index (χ0n) is 6.76. The van der Waals surface area contributed by atoms with Crippen LogP contribution in [0.1, 0.15) is 4.88 Å². The highest BCUT2D eigenvalue weighted by molar-refractivity contribution is 7.13. The fourth-order valence-corrected chi connectivity index (χ4v) is 1.47. The predicted molar refractivity (Wildman–Crippen MR) is 46.3 cm³/mol. The van der Waals surface area contributed by atoms with Gasteiger partial charge in [-0.1, -0.05) is 11.3 Å². The molecule has 0 aromatic carbocycles. The van der Waals surface area contributed by atoms with Gasteiger partial charge in [0.25, 0.3) is 5.19 Å². The fraction of sp³-hybridized carbons (Fsp3) is 0.571. The number of thiazole rings is 1. The highest BCUT2D eigenvalue weighted by atomic mass is 32.1. The smallest absolute Gasteiger partial charge is 0.273 e. The molecule has 0 aliphatic rings. The second-order valence-corrected chi connectivity index (χ2v) is 3.23. The molecule has 3 nitrogen and oxygen atoms in total. The minimum absolute atomic E-state index is 0.746. The maximum absolute atomic E-state index is 4.96. The van der Waals surface area contributed by atoms with Crippen molar-refractivity contribution < 1.29 is 4.74 Å². The number of aromatic nitrogens is 1. The van der Waals surface area contributed by atoms with Crippen molar-refractivity contribution in [1.82, 2.24) is 10.3 Å². The lowest BCUT2D eigenvalue weighted by atomic mass is 10.4. The van der Waals surface area contributed by atoms with E-state index in [-0.39, 0.29) is 0 Å². The summed E-state index contributed by atoms with van der Waals surface area (Å²) in [6.07, 6.45) is 2.89. The summed E-state index contributed by atoms with van der Waals surface area (Å²) in [5.41, 5.74) is 0. The molecule has 0 radical (unpaired) electrons. The summed E-state index contributed by atoms with van der Waals surface area (Å²) < 4.78 is 4.96. The van der Waals surface area contributed by atoms with Gasteiger partial charge < -0.3 is 10.1 Å². The standard InChI is InChI=1S/C7H12N2OS/c1-8-4-3-6-5-9-7(10-2)11-6/h5,8H,3-4H2,1-2H3. The van der Waals surface area contributed by atoms with Crippen LogP contribution in [0.2, 0.25) is 0 Å². The molecule has 0 aliphatic carbocycles. The molecule has 0 spiro atoms. The van der Waals surface area contributed by atoms with E-state index in [2.05, 4.69) is 10.3 Å². The number of methoxy groups -OCH3 is 1. The Kier molecular flexibility index (Phi) is 3.32. The number of hydrogen-bond donors (Lipinski definition) is 1. The van der Waals surface area contributed by atoms with Crippen LogP contribution in [0.25, 0.3) is 0 Å². The Balaban J connectivity index is 2.44. The van der Waals surface area contributed by atoms with Gasteiger partial charge >= 0.3 is 0 Å².